The lowest BCUT2D eigenvalue weighted by Crippen LogP contribution is -2.25. The van der Waals surface area contributed by atoms with Crippen LogP contribution in [0.3, 0.4) is 0 Å². The van der Waals surface area contributed by atoms with E-state index in [1.165, 1.54) is 0 Å². The molecule has 0 aliphatic rings. The molecule has 0 fully saturated rings. The Kier molecular flexibility index (Phi) is 3.62. The van der Waals surface area contributed by atoms with Gasteiger partial charge >= 0.3 is 0 Å². The third kappa shape index (κ3) is 2.90. The van der Waals surface area contributed by atoms with Crippen molar-refractivity contribution in [1.82, 2.24) is 9.88 Å². The molecule has 0 saturated carbocycles. The molecule has 3 rings (SSSR count). The normalized spacial score (nSPS) is 11.4. The second-order valence-electron chi connectivity index (χ2n) is 5.36. The predicted octanol–water partition coefficient (Wildman–Crippen LogP) is 3.38. The van der Waals surface area contributed by atoms with Crippen LogP contribution in [0.25, 0.3) is 10.9 Å². The number of aryl methyl sites for hydroxylation is 1. The van der Waals surface area contributed by atoms with Crippen molar-refractivity contribution in [3.63, 3.8) is 0 Å². The van der Waals surface area contributed by atoms with Crippen LogP contribution in [0.1, 0.15) is 21.9 Å². The molecule has 4 heteroatoms. The number of furan rings is 1. The smallest absolute Gasteiger partial charge is 0.178 e. The molecule has 2 heterocycles. The van der Waals surface area contributed by atoms with E-state index in [9.17, 15) is 4.79 Å². The van der Waals surface area contributed by atoms with Crippen molar-refractivity contribution in [3.05, 3.63) is 59.7 Å². The van der Waals surface area contributed by atoms with E-state index in [4.69, 9.17) is 4.42 Å². The van der Waals surface area contributed by atoms with Crippen molar-refractivity contribution >= 4 is 16.7 Å². The number of Topliss-reactive ketones (excluding diaryl/α,β-unsaturated/α-hetero) is 1. The number of para-hydroxylation sites is 1. The third-order valence-corrected chi connectivity index (χ3v) is 3.52. The van der Waals surface area contributed by atoms with Gasteiger partial charge in [0, 0.05) is 22.7 Å². The minimum atomic E-state index is 0.109. The first kappa shape index (κ1) is 13.6. The number of aromatic amines is 1. The molecule has 1 N–H and O–H groups in total. The summed E-state index contributed by atoms with van der Waals surface area (Å²) in [5.74, 6) is 1.88. The lowest BCUT2D eigenvalue weighted by molar-refractivity contribution is 0.0941. The van der Waals surface area contributed by atoms with E-state index in [1.807, 2.05) is 55.3 Å². The summed E-state index contributed by atoms with van der Waals surface area (Å²) < 4.78 is 5.54. The number of nitrogens with one attached hydrogen (secondary N) is 1. The lowest BCUT2D eigenvalue weighted by atomic mass is 10.1. The zero-order valence-electron chi connectivity index (χ0n) is 12.2. The zero-order chi connectivity index (χ0) is 14.8. The zero-order valence-corrected chi connectivity index (χ0v) is 12.2. The first-order valence-electron chi connectivity index (χ1n) is 6.96. The molecule has 0 spiro atoms. The number of H-pyrrole nitrogens is 1. The number of hydrogen-bond donors (Lipinski definition) is 1. The van der Waals surface area contributed by atoms with Crippen LogP contribution in [0, 0.1) is 6.92 Å². The average Bonchev–Trinajstić information content (AvgIpc) is 3.04. The largest absolute Gasteiger partial charge is 0.465 e. The van der Waals surface area contributed by atoms with E-state index in [-0.39, 0.29) is 5.78 Å². The molecule has 0 atom stereocenters. The molecule has 0 aliphatic carbocycles. The summed E-state index contributed by atoms with van der Waals surface area (Å²) in [6.45, 7) is 2.91. The maximum Gasteiger partial charge on any atom is 0.178 e. The molecule has 0 amide bonds. The number of aromatic nitrogens is 1. The number of hydrogen-bond acceptors (Lipinski definition) is 3. The molecule has 2 aromatic heterocycles. The summed E-state index contributed by atoms with van der Waals surface area (Å²) in [6.07, 6.45) is 1.79. The van der Waals surface area contributed by atoms with E-state index in [2.05, 4.69) is 4.98 Å². The van der Waals surface area contributed by atoms with Crippen molar-refractivity contribution in [2.45, 2.75) is 13.5 Å². The number of benzene rings is 1. The Balaban J connectivity index is 1.71. The van der Waals surface area contributed by atoms with Gasteiger partial charge in [0.15, 0.2) is 5.78 Å². The molecular weight excluding hydrogens is 264 g/mol. The fourth-order valence-electron chi connectivity index (χ4n) is 2.52. The van der Waals surface area contributed by atoms with Crippen molar-refractivity contribution in [2.24, 2.45) is 0 Å². The van der Waals surface area contributed by atoms with Gasteiger partial charge in [0.1, 0.15) is 11.5 Å². The van der Waals surface area contributed by atoms with Gasteiger partial charge in [-0.15, -0.1) is 0 Å². The Bertz CT molecular complexity index is 770. The summed E-state index contributed by atoms with van der Waals surface area (Å²) in [5, 5.41) is 0.977. The van der Waals surface area contributed by atoms with E-state index in [0.29, 0.717) is 13.1 Å². The van der Waals surface area contributed by atoms with Crippen LogP contribution in [0.4, 0.5) is 0 Å². The molecule has 0 aliphatic heterocycles. The predicted molar refractivity (Wildman–Crippen MR) is 82.4 cm³/mol. The third-order valence-electron chi connectivity index (χ3n) is 3.52. The van der Waals surface area contributed by atoms with Gasteiger partial charge in [-0.25, -0.2) is 0 Å². The summed E-state index contributed by atoms with van der Waals surface area (Å²) in [5.41, 5.74) is 1.73. The van der Waals surface area contributed by atoms with Gasteiger partial charge in [-0.2, -0.15) is 0 Å². The Morgan fingerprint density at radius 2 is 2.05 bits per heavy atom. The highest BCUT2D eigenvalue weighted by molar-refractivity contribution is 6.08. The fraction of sp³-hybridized carbons (Fsp3) is 0.235. The summed E-state index contributed by atoms with van der Waals surface area (Å²) in [6, 6.07) is 11.7. The lowest BCUT2D eigenvalue weighted by Gasteiger charge is -2.13. The average molecular weight is 282 g/mol. The number of carbonyl (C=O) groups excluding carboxylic acids is 1. The fourth-order valence-corrected chi connectivity index (χ4v) is 2.52. The van der Waals surface area contributed by atoms with Crippen LogP contribution >= 0.6 is 0 Å². The van der Waals surface area contributed by atoms with Gasteiger partial charge < -0.3 is 9.40 Å². The number of rotatable bonds is 5. The number of fused-ring (bicyclic) bond motifs is 1. The Labute approximate surface area is 123 Å². The van der Waals surface area contributed by atoms with Gasteiger partial charge in [0.25, 0.3) is 0 Å². The van der Waals surface area contributed by atoms with Crippen molar-refractivity contribution in [3.8, 4) is 0 Å². The first-order chi connectivity index (χ1) is 10.1. The van der Waals surface area contributed by atoms with Crippen LogP contribution in [0.5, 0.6) is 0 Å². The number of carbonyl (C=O) groups is 1. The molecule has 21 heavy (non-hydrogen) atoms. The van der Waals surface area contributed by atoms with E-state index in [0.717, 1.165) is 28.0 Å². The maximum absolute atomic E-state index is 12.4. The molecule has 108 valence electrons. The SMILES string of the molecule is Cc1ccc(CN(C)CC(=O)c2c[nH]c3ccccc23)o1. The van der Waals surface area contributed by atoms with Gasteiger partial charge in [0.2, 0.25) is 0 Å². The van der Waals surface area contributed by atoms with Crippen LogP contribution < -0.4 is 0 Å². The number of ketones is 1. The van der Waals surface area contributed by atoms with Crippen LogP contribution in [0.2, 0.25) is 0 Å². The first-order valence-corrected chi connectivity index (χ1v) is 6.96. The summed E-state index contributed by atoms with van der Waals surface area (Å²) in [4.78, 5) is 17.5. The number of likely N-dealkylation sites (N-methyl/N-ethyl adjacent to an activating group) is 1. The minimum absolute atomic E-state index is 0.109. The molecule has 0 saturated heterocycles. The van der Waals surface area contributed by atoms with Gasteiger partial charge in [0.05, 0.1) is 13.1 Å². The second-order valence-corrected chi connectivity index (χ2v) is 5.36. The van der Waals surface area contributed by atoms with E-state index >= 15 is 0 Å². The highest BCUT2D eigenvalue weighted by Gasteiger charge is 2.14. The van der Waals surface area contributed by atoms with E-state index < -0.39 is 0 Å². The van der Waals surface area contributed by atoms with Crippen LogP contribution in [0.15, 0.2) is 47.0 Å². The Morgan fingerprint density at radius 3 is 2.81 bits per heavy atom. The summed E-state index contributed by atoms with van der Waals surface area (Å²) >= 11 is 0. The van der Waals surface area contributed by atoms with Crippen molar-refractivity contribution in [1.29, 1.82) is 0 Å². The Hall–Kier alpha value is -2.33. The summed E-state index contributed by atoms with van der Waals surface area (Å²) in [7, 11) is 1.92. The monoisotopic (exact) mass is 282 g/mol. The van der Waals surface area contributed by atoms with Crippen molar-refractivity contribution in [2.75, 3.05) is 13.6 Å². The van der Waals surface area contributed by atoms with Crippen molar-refractivity contribution < 1.29 is 9.21 Å². The molecular formula is C17H18N2O2. The molecule has 4 nitrogen and oxygen atoms in total. The van der Waals surface area contributed by atoms with Crippen LogP contribution in [-0.2, 0) is 6.54 Å². The van der Waals surface area contributed by atoms with Gasteiger partial charge in [-0.1, -0.05) is 18.2 Å². The molecule has 0 unspecified atom stereocenters. The quantitative estimate of drug-likeness (QED) is 0.730. The highest BCUT2D eigenvalue weighted by atomic mass is 16.3. The topological polar surface area (TPSA) is 49.2 Å². The molecule has 0 radical (unpaired) electrons. The van der Waals surface area contributed by atoms with Gasteiger partial charge in [-0.05, 0) is 32.2 Å². The molecule has 0 bridgehead atoms. The number of nitrogens with zero attached hydrogens (tertiary/aromatic N) is 1. The highest BCUT2D eigenvalue weighted by Crippen LogP contribution is 2.18. The second kappa shape index (κ2) is 5.58. The minimum Gasteiger partial charge on any atom is -0.465 e. The Morgan fingerprint density at radius 1 is 1.24 bits per heavy atom. The van der Waals surface area contributed by atoms with E-state index in [1.54, 1.807) is 6.20 Å². The maximum atomic E-state index is 12.4. The standard InChI is InChI=1S/C17H18N2O2/c1-12-7-8-13(21-12)10-19(2)11-17(20)15-9-18-16-6-4-3-5-14(15)16/h3-9,18H,10-11H2,1-2H3. The molecule has 1 aromatic carbocycles. The molecule has 3 aromatic rings. The van der Waals surface area contributed by atoms with Gasteiger partial charge in [-0.3, -0.25) is 9.69 Å². The van der Waals surface area contributed by atoms with Crippen LogP contribution in [-0.4, -0.2) is 29.3 Å².